The summed E-state index contributed by atoms with van der Waals surface area (Å²) in [4.78, 5) is 16.1. The highest BCUT2D eigenvalue weighted by Crippen LogP contribution is 2.19. The quantitative estimate of drug-likeness (QED) is 0.840. The molecule has 94 valence electrons. The van der Waals surface area contributed by atoms with Crippen LogP contribution < -0.4 is 5.48 Å². The zero-order valence-corrected chi connectivity index (χ0v) is 11.7. The summed E-state index contributed by atoms with van der Waals surface area (Å²) in [5.41, 5.74) is 3.80. The molecule has 0 aliphatic carbocycles. The van der Waals surface area contributed by atoms with E-state index >= 15 is 0 Å². The van der Waals surface area contributed by atoms with Gasteiger partial charge in [-0.15, -0.1) is 0 Å². The number of rotatable bonds is 4. The molecule has 2 N–H and O–H groups in total. The Morgan fingerprint density at radius 1 is 1.47 bits per heavy atom. The van der Waals surface area contributed by atoms with Gasteiger partial charge in [-0.25, -0.2) is 4.79 Å². The molecule has 0 unspecified atom stereocenters. The summed E-state index contributed by atoms with van der Waals surface area (Å²) in [5, 5.41) is 8.82. The maximum absolute atomic E-state index is 10.7. The third kappa shape index (κ3) is 4.85. The number of carboxylic acid groups (broad SMARTS) is 1. The van der Waals surface area contributed by atoms with Crippen LogP contribution >= 0.6 is 15.9 Å². The number of nitrogens with one attached hydrogen (secondary N) is 1. The van der Waals surface area contributed by atoms with Crippen LogP contribution in [0.1, 0.15) is 36.7 Å². The van der Waals surface area contributed by atoms with E-state index in [2.05, 4.69) is 21.4 Å². The summed E-state index contributed by atoms with van der Waals surface area (Å²) in [5.74, 6) is -0.934. The molecule has 0 aromatic heterocycles. The Labute approximate surface area is 109 Å². The average molecular weight is 302 g/mol. The van der Waals surface area contributed by atoms with Gasteiger partial charge in [-0.05, 0) is 38.5 Å². The van der Waals surface area contributed by atoms with E-state index in [4.69, 9.17) is 9.94 Å². The Hall–Kier alpha value is -0.910. The first-order valence-electron chi connectivity index (χ1n) is 5.22. The first-order chi connectivity index (χ1) is 7.79. The minimum Gasteiger partial charge on any atom is -0.478 e. The molecule has 0 saturated carbocycles. The molecular weight excluding hydrogens is 286 g/mol. The Bertz CT molecular complexity index is 413. The number of halogens is 1. The molecule has 0 bridgehead atoms. The van der Waals surface area contributed by atoms with Crippen molar-refractivity contribution < 1.29 is 14.7 Å². The SMILES string of the molecule is CC(C)(C)ONCc1ccc(C(=O)O)cc1Br. The van der Waals surface area contributed by atoms with Gasteiger partial charge in [0.2, 0.25) is 0 Å². The standard InChI is InChI=1S/C12H16BrNO3/c1-12(2,3)17-14-7-9-5-4-8(11(15)16)6-10(9)13/h4-6,14H,7H2,1-3H3,(H,15,16). The summed E-state index contributed by atoms with van der Waals surface area (Å²) >= 11 is 3.34. The molecule has 1 aromatic carbocycles. The number of carbonyl (C=O) groups is 1. The van der Waals surface area contributed by atoms with Crippen molar-refractivity contribution in [2.45, 2.75) is 32.9 Å². The van der Waals surface area contributed by atoms with Crippen LogP contribution in [0.4, 0.5) is 0 Å². The van der Waals surface area contributed by atoms with Gasteiger partial charge in [0.05, 0.1) is 11.2 Å². The molecule has 5 heteroatoms. The lowest BCUT2D eigenvalue weighted by atomic mass is 10.1. The average Bonchev–Trinajstić information content (AvgIpc) is 2.18. The van der Waals surface area contributed by atoms with E-state index in [-0.39, 0.29) is 11.2 Å². The molecular formula is C12H16BrNO3. The minimum atomic E-state index is -0.934. The minimum absolute atomic E-state index is 0.256. The monoisotopic (exact) mass is 301 g/mol. The molecule has 1 aromatic rings. The number of hydrogen-bond donors (Lipinski definition) is 2. The van der Waals surface area contributed by atoms with Gasteiger partial charge in [-0.1, -0.05) is 22.0 Å². The maximum atomic E-state index is 10.7. The molecule has 0 amide bonds. The van der Waals surface area contributed by atoms with Crippen molar-refractivity contribution in [3.8, 4) is 0 Å². The third-order valence-corrected chi connectivity index (χ3v) is 2.68. The second kappa shape index (κ2) is 5.62. The summed E-state index contributed by atoms with van der Waals surface area (Å²) in [6, 6.07) is 4.91. The highest BCUT2D eigenvalue weighted by molar-refractivity contribution is 9.10. The van der Waals surface area contributed by atoms with Gasteiger partial charge >= 0.3 is 5.97 Å². The van der Waals surface area contributed by atoms with Gasteiger partial charge < -0.3 is 5.11 Å². The summed E-state index contributed by atoms with van der Waals surface area (Å²) in [7, 11) is 0. The molecule has 0 radical (unpaired) electrons. The van der Waals surface area contributed by atoms with Gasteiger partial charge in [0.15, 0.2) is 0 Å². The number of hydroxylamine groups is 1. The molecule has 17 heavy (non-hydrogen) atoms. The Balaban J connectivity index is 2.64. The first-order valence-corrected chi connectivity index (χ1v) is 6.01. The van der Waals surface area contributed by atoms with Crippen LogP contribution in [0.25, 0.3) is 0 Å². The van der Waals surface area contributed by atoms with Crippen molar-refractivity contribution in [1.29, 1.82) is 0 Å². The van der Waals surface area contributed by atoms with Crippen LogP contribution in [0.2, 0.25) is 0 Å². The van der Waals surface area contributed by atoms with Crippen LogP contribution in [0, 0.1) is 0 Å². The predicted octanol–water partition coefficient (Wildman–Crippen LogP) is 2.97. The van der Waals surface area contributed by atoms with Crippen LogP contribution in [-0.2, 0) is 11.4 Å². The van der Waals surface area contributed by atoms with Crippen molar-refractivity contribution in [2.24, 2.45) is 0 Å². The zero-order valence-electron chi connectivity index (χ0n) is 10.1. The summed E-state index contributed by atoms with van der Waals surface area (Å²) in [6.45, 7) is 6.35. The Morgan fingerprint density at radius 3 is 2.59 bits per heavy atom. The predicted molar refractivity (Wildman–Crippen MR) is 68.8 cm³/mol. The maximum Gasteiger partial charge on any atom is 0.335 e. The second-order valence-corrected chi connectivity index (χ2v) is 5.50. The first kappa shape index (κ1) is 14.2. The molecule has 0 saturated heterocycles. The van der Waals surface area contributed by atoms with Crippen molar-refractivity contribution in [3.63, 3.8) is 0 Å². The lowest BCUT2D eigenvalue weighted by Crippen LogP contribution is -2.28. The molecule has 0 aliphatic rings. The van der Waals surface area contributed by atoms with E-state index in [1.165, 1.54) is 0 Å². The molecule has 0 fully saturated rings. The van der Waals surface area contributed by atoms with Crippen molar-refractivity contribution in [1.82, 2.24) is 5.48 Å². The van der Waals surface area contributed by atoms with Crippen molar-refractivity contribution in [3.05, 3.63) is 33.8 Å². The number of aromatic carboxylic acids is 1. The fourth-order valence-corrected chi connectivity index (χ4v) is 1.67. The van der Waals surface area contributed by atoms with E-state index < -0.39 is 5.97 Å². The van der Waals surface area contributed by atoms with Gasteiger partial charge in [-0.3, -0.25) is 4.84 Å². The number of hydrogen-bond acceptors (Lipinski definition) is 3. The van der Waals surface area contributed by atoms with E-state index in [0.29, 0.717) is 6.54 Å². The lowest BCUT2D eigenvalue weighted by Gasteiger charge is -2.19. The van der Waals surface area contributed by atoms with Crippen LogP contribution in [0.15, 0.2) is 22.7 Å². The van der Waals surface area contributed by atoms with Crippen LogP contribution in [0.3, 0.4) is 0 Å². The number of carboxylic acids is 1. The van der Waals surface area contributed by atoms with E-state index in [1.807, 2.05) is 20.8 Å². The largest absolute Gasteiger partial charge is 0.478 e. The lowest BCUT2D eigenvalue weighted by molar-refractivity contribution is -0.0758. The zero-order chi connectivity index (χ0) is 13.1. The molecule has 0 aliphatic heterocycles. The van der Waals surface area contributed by atoms with Crippen molar-refractivity contribution in [2.75, 3.05) is 0 Å². The summed E-state index contributed by atoms with van der Waals surface area (Å²) in [6.07, 6.45) is 0. The van der Waals surface area contributed by atoms with Crippen LogP contribution in [-0.4, -0.2) is 16.7 Å². The molecule has 0 heterocycles. The topological polar surface area (TPSA) is 58.6 Å². The van der Waals surface area contributed by atoms with E-state index in [1.54, 1.807) is 18.2 Å². The van der Waals surface area contributed by atoms with Crippen molar-refractivity contribution >= 4 is 21.9 Å². The highest BCUT2D eigenvalue weighted by Gasteiger charge is 2.11. The molecule has 4 nitrogen and oxygen atoms in total. The normalized spacial score (nSPS) is 11.5. The van der Waals surface area contributed by atoms with Gasteiger partial charge in [0, 0.05) is 11.0 Å². The smallest absolute Gasteiger partial charge is 0.335 e. The number of benzene rings is 1. The molecule has 0 spiro atoms. The Kier molecular flexibility index (Phi) is 4.68. The van der Waals surface area contributed by atoms with Gasteiger partial charge in [-0.2, -0.15) is 5.48 Å². The highest BCUT2D eigenvalue weighted by atomic mass is 79.9. The fraction of sp³-hybridized carbons (Fsp3) is 0.417. The molecule has 1 rings (SSSR count). The van der Waals surface area contributed by atoms with E-state index in [9.17, 15) is 4.79 Å². The van der Waals surface area contributed by atoms with Gasteiger partial charge in [0.25, 0.3) is 0 Å². The second-order valence-electron chi connectivity index (χ2n) is 4.65. The molecule has 0 atom stereocenters. The third-order valence-electron chi connectivity index (χ3n) is 1.94. The van der Waals surface area contributed by atoms with Gasteiger partial charge in [0.1, 0.15) is 0 Å². The summed E-state index contributed by atoms with van der Waals surface area (Å²) < 4.78 is 0.752. The van der Waals surface area contributed by atoms with E-state index in [0.717, 1.165) is 10.0 Å². The van der Waals surface area contributed by atoms with Crippen LogP contribution in [0.5, 0.6) is 0 Å². The Morgan fingerprint density at radius 2 is 2.12 bits per heavy atom. The fourth-order valence-electron chi connectivity index (χ4n) is 1.15.